The Morgan fingerprint density at radius 2 is 1.66 bits per heavy atom. The van der Waals surface area contributed by atoms with E-state index in [1.165, 1.54) is 41.6 Å². The number of methoxy groups -OCH3 is 2. The van der Waals surface area contributed by atoms with E-state index in [-0.39, 0.29) is 6.54 Å². The van der Waals surface area contributed by atoms with Gasteiger partial charge in [-0.1, -0.05) is 65.8 Å². The number of hydrogen-bond acceptors (Lipinski definition) is 9. The zero-order chi connectivity index (χ0) is 28.8. The molecule has 0 spiro atoms. The number of benzene rings is 3. The number of ether oxygens (including phenoxy) is 2. The van der Waals surface area contributed by atoms with Crippen LogP contribution in [0.25, 0.3) is 16.9 Å². The number of tetrazole rings is 1. The number of rotatable bonds is 10. The van der Waals surface area contributed by atoms with Crippen LogP contribution in [0, 0.1) is 0 Å². The number of halogens is 1. The molecule has 11 nitrogen and oxygen atoms in total. The lowest BCUT2D eigenvalue weighted by molar-refractivity contribution is -0.133. The van der Waals surface area contributed by atoms with Crippen molar-refractivity contribution in [2.24, 2.45) is 0 Å². The summed E-state index contributed by atoms with van der Waals surface area (Å²) in [6.45, 7) is 0.0362. The first-order chi connectivity index (χ1) is 20.0. The quantitative estimate of drug-likeness (QED) is 0.102. The fraction of sp³-hybridized carbons (Fsp3) is 0.143. The van der Waals surface area contributed by atoms with Crippen LogP contribution in [0.2, 0.25) is 5.02 Å². The Morgan fingerprint density at radius 3 is 2.39 bits per heavy atom. The predicted molar refractivity (Wildman–Crippen MR) is 154 cm³/mol. The molecule has 0 fully saturated rings. The molecule has 3 aromatic carbocycles. The Bertz CT molecular complexity index is 1750. The van der Waals surface area contributed by atoms with Crippen molar-refractivity contribution in [1.29, 1.82) is 0 Å². The highest BCUT2D eigenvalue weighted by molar-refractivity contribution is 7.98. The number of esters is 1. The molecule has 2 aromatic heterocycles. The van der Waals surface area contributed by atoms with Crippen LogP contribution in [0.1, 0.15) is 17.0 Å². The van der Waals surface area contributed by atoms with Crippen LogP contribution in [0.4, 0.5) is 0 Å². The molecule has 208 valence electrons. The molecule has 0 N–H and O–H groups in total. The van der Waals surface area contributed by atoms with Crippen molar-refractivity contribution < 1.29 is 14.3 Å². The molecule has 5 rings (SSSR count). The van der Waals surface area contributed by atoms with Crippen molar-refractivity contribution in [3.63, 3.8) is 0 Å². The molecule has 0 aliphatic rings. The van der Waals surface area contributed by atoms with Crippen LogP contribution in [-0.2, 0) is 26.6 Å². The van der Waals surface area contributed by atoms with Gasteiger partial charge in [0.2, 0.25) is 0 Å². The second kappa shape index (κ2) is 12.7. The van der Waals surface area contributed by atoms with E-state index in [0.29, 0.717) is 38.6 Å². The summed E-state index contributed by atoms with van der Waals surface area (Å²) < 4.78 is 14.4. The maximum Gasteiger partial charge on any atom is 0.368 e. The fourth-order valence-corrected chi connectivity index (χ4v) is 5.19. The second-order valence-electron chi connectivity index (χ2n) is 8.58. The average Bonchev–Trinajstić information content (AvgIpc) is 3.58. The van der Waals surface area contributed by atoms with Gasteiger partial charge in [0.15, 0.2) is 11.0 Å². The summed E-state index contributed by atoms with van der Waals surface area (Å²) in [4.78, 5) is 25.5. The van der Waals surface area contributed by atoms with E-state index in [0.717, 1.165) is 11.3 Å². The van der Waals surface area contributed by atoms with Crippen LogP contribution in [0.15, 0.2) is 95.1 Å². The van der Waals surface area contributed by atoms with E-state index < -0.39 is 11.7 Å². The average molecular weight is 590 g/mol. The molecule has 2 heterocycles. The minimum absolute atomic E-state index is 0.0362. The van der Waals surface area contributed by atoms with E-state index in [9.17, 15) is 9.59 Å². The van der Waals surface area contributed by atoms with Crippen LogP contribution in [-0.4, -0.2) is 54.7 Å². The Labute approximate surface area is 244 Å². The molecule has 0 unspecified atom stereocenters. The first-order valence-corrected chi connectivity index (χ1v) is 13.7. The Hall–Kier alpha value is -4.68. The lowest BCUT2D eigenvalue weighted by atomic mass is 10.0. The zero-order valence-corrected chi connectivity index (χ0v) is 23.6. The van der Waals surface area contributed by atoms with Gasteiger partial charge in [-0.2, -0.15) is 9.36 Å². The third kappa shape index (κ3) is 6.08. The molecule has 41 heavy (non-hydrogen) atoms. The maximum absolute atomic E-state index is 13.1. The van der Waals surface area contributed by atoms with Crippen molar-refractivity contribution >= 4 is 34.9 Å². The summed E-state index contributed by atoms with van der Waals surface area (Å²) in [7, 11) is 2.80. The minimum atomic E-state index is -0.504. The van der Waals surface area contributed by atoms with Gasteiger partial charge in [-0.3, -0.25) is 4.57 Å². The van der Waals surface area contributed by atoms with Gasteiger partial charge in [0.05, 0.1) is 26.2 Å². The van der Waals surface area contributed by atoms with Crippen LogP contribution in [0.5, 0.6) is 0 Å². The topological polar surface area (TPSA) is 119 Å². The zero-order valence-electron chi connectivity index (χ0n) is 22.0. The van der Waals surface area contributed by atoms with Crippen LogP contribution < -0.4 is 5.69 Å². The van der Waals surface area contributed by atoms with Gasteiger partial charge in [-0.05, 0) is 58.0 Å². The molecule has 5 aromatic rings. The molecule has 0 bridgehead atoms. The summed E-state index contributed by atoms with van der Waals surface area (Å²) in [5.74, 6) is 0.453. The number of aromatic nitrogens is 7. The third-order valence-electron chi connectivity index (χ3n) is 6.02. The van der Waals surface area contributed by atoms with Gasteiger partial charge >= 0.3 is 11.7 Å². The minimum Gasteiger partial charge on any atom is -0.503 e. The Balaban J connectivity index is 1.46. The number of carbonyl (C=O) groups is 1. The number of para-hydroxylation sites is 1. The fourth-order valence-electron chi connectivity index (χ4n) is 4.08. The third-order valence-corrected chi connectivity index (χ3v) is 7.25. The lowest BCUT2D eigenvalue weighted by Crippen LogP contribution is -2.25. The summed E-state index contributed by atoms with van der Waals surface area (Å²) in [6, 6.07) is 23.8. The molecular formula is C28H24ClN7O4S. The highest BCUT2D eigenvalue weighted by Gasteiger charge is 2.20. The van der Waals surface area contributed by atoms with E-state index in [1.807, 2.05) is 59.2 Å². The monoisotopic (exact) mass is 589 g/mol. The van der Waals surface area contributed by atoms with Crippen LogP contribution in [0.3, 0.4) is 0 Å². The standard InChI is InChI=1S/C28H24ClN7O4S/c1-39-17-24(26(37)40-2)23-11-7-6-8-19(23)18-41-27-31-30-25(35(27)21-9-4-3-5-10-21)16-34-28(38)36(33-32-34)22-14-12-20(29)13-15-22/h3-15,17H,16,18H2,1-2H3/b24-17+. The molecule has 0 saturated carbocycles. The molecule has 13 heteroatoms. The van der Waals surface area contributed by atoms with E-state index in [2.05, 4.69) is 20.6 Å². The lowest BCUT2D eigenvalue weighted by Gasteiger charge is -2.12. The summed E-state index contributed by atoms with van der Waals surface area (Å²) in [5, 5.41) is 18.0. The Morgan fingerprint density at radius 1 is 0.927 bits per heavy atom. The van der Waals surface area contributed by atoms with Crippen LogP contribution >= 0.6 is 23.4 Å². The highest BCUT2D eigenvalue weighted by Crippen LogP contribution is 2.29. The first kappa shape index (κ1) is 27.9. The smallest absolute Gasteiger partial charge is 0.368 e. The summed E-state index contributed by atoms with van der Waals surface area (Å²) in [5.41, 5.74) is 2.79. The maximum atomic E-state index is 13.1. The van der Waals surface area contributed by atoms with E-state index in [4.69, 9.17) is 21.1 Å². The SMILES string of the molecule is CO/C=C(/C(=O)OC)c1ccccc1CSc1nnc(Cn2nnn(-c3ccc(Cl)cc3)c2=O)n1-c1ccccc1. The largest absolute Gasteiger partial charge is 0.503 e. The number of carbonyl (C=O) groups excluding carboxylic acids is 1. The van der Waals surface area contributed by atoms with Gasteiger partial charge in [0.1, 0.15) is 12.1 Å². The van der Waals surface area contributed by atoms with Gasteiger partial charge in [0, 0.05) is 16.5 Å². The molecular weight excluding hydrogens is 566 g/mol. The van der Waals surface area contributed by atoms with Crippen molar-refractivity contribution in [1.82, 2.24) is 34.6 Å². The van der Waals surface area contributed by atoms with Gasteiger partial charge in [0.25, 0.3) is 0 Å². The van der Waals surface area contributed by atoms with E-state index >= 15 is 0 Å². The van der Waals surface area contributed by atoms with Crippen molar-refractivity contribution in [3.8, 4) is 11.4 Å². The number of nitrogens with zero attached hydrogens (tertiary/aromatic N) is 7. The van der Waals surface area contributed by atoms with Crippen molar-refractivity contribution in [2.45, 2.75) is 17.5 Å². The summed E-state index contributed by atoms with van der Waals surface area (Å²) >= 11 is 7.41. The molecule has 0 saturated heterocycles. The van der Waals surface area contributed by atoms with Crippen molar-refractivity contribution in [2.75, 3.05) is 14.2 Å². The molecule has 0 aliphatic heterocycles. The summed E-state index contributed by atoms with van der Waals surface area (Å²) in [6.07, 6.45) is 1.37. The highest BCUT2D eigenvalue weighted by atomic mass is 35.5. The molecule has 0 aliphatic carbocycles. The number of thioether (sulfide) groups is 1. The molecule has 0 atom stereocenters. The molecule has 0 amide bonds. The number of hydrogen-bond donors (Lipinski definition) is 0. The van der Waals surface area contributed by atoms with Gasteiger partial charge in [-0.25, -0.2) is 9.59 Å². The predicted octanol–water partition coefficient (Wildman–Crippen LogP) is 4.16. The Kier molecular flexibility index (Phi) is 8.61. The van der Waals surface area contributed by atoms with Gasteiger partial charge in [-0.15, -0.1) is 10.2 Å². The van der Waals surface area contributed by atoms with Gasteiger partial charge < -0.3 is 9.47 Å². The molecule has 0 radical (unpaired) electrons. The van der Waals surface area contributed by atoms with Crippen molar-refractivity contribution in [3.05, 3.63) is 118 Å². The second-order valence-corrected chi connectivity index (χ2v) is 9.96. The first-order valence-electron chi connectivity index (χ1n) is 12.3. The van der Waals surface area contributed by atoms with E-state index in [1.54, 1.807) is 24.3 Å². The normalized spacial score (nSPS) is 11.4.